The normalized spacial score (nSPS) is 10.7. The van der Waals surface area contributed by atoms with E-state index in [2.05, 4.69) is 4.98 Å². The topological polar surface area (TPSA) is 99.4 Å². The summed E-state index contributed by atoms with van der Waals surface area (Å²) in [4.78, 5) is 40.7. The number of benzene rings is 3. The average molecular weight is 440 g/mol. The van der Waals surface area contributed by atoms with E-state index in [4.69, 9.17) is 4.74 Å². The van der Waals surface area contributed by atoms with Crippen molar-refractivity contribution in [3.63, 3.8) is 0 Å². The second-order valence-corrected chi connectivity index (χ2v) is 7.70. The molecule has 0 saturated carbocycles. The van der Waals surface area contributed by atoms with Gasteiger partial charge in [-0.25, -0.2) is 9.78 Å². The van der Waals surface area contributed by atoms with Gasteiger partial charge >= 0.3 is 5.97 Å². The highest BCUT2D eigenvalue weighted by Gasteiger charge is 2.19. The van der Waals surface area contributed by atoms with Crippen LogP contribution in [0.2, 0.25) is 0 Å². The summed E-state index contributed by atoms with van der Waals surface area (Å²) in [5.74, 6) is -1.19. The van der Waals surface area contributed by atoms with E-state index >= 15 is 0 Å². The van der Waals surface area contributed by atoms with Crippen molar-refractivity contribution in [2.45, 2.75) is 13.8 Å². The molecule has 0 fully saturated rings. The van der Waals surface area contributed by atoms with Crippen LogP contribution in [0.1, 0.15) is 31.8 Å². The predicted molar refractivity (Wildman–Crippen MR) is 124 cm³/mol. The Kier molecular flexibility index (Phi) is 5.95. The van der Waals surface area contributed by atoms with Crippen LogP contribution in [0.25, 0.3) is 22.2 Å². The summed E-state index contributed by atoms with van der Waals surface area (Å²) >= 11 is 0. The van der Waals surface area contributed by atoms with Crippen molar-refractivity contribution < 1.29 is 19.2 Å². The molecule has 0 aliphatic rings. The Labute approximate surface area is 189 Å². The highest BCUT2D eigenvalue weighted by atomic mass is 16.6. The molecule has 0 aliphatic heterocycles. The summed E-state index contributed by atoms with van der Waals surface area (Å²) in [6.07, 6.45) is 0. The Morgan fingerprint density at radius 3 is 2.42 bits per heavy atom. The molecule has 4 rings (SSSR count). The van der Waals surface area contributed by atoms with Gasteiger partial charge in [-0.2, -0.15) is 0 Å². The van der Waals surface area contributed by atoms with Crippen molar-refractivity contribution in [3.05, 3.63) is 105 Å². The molecule has 4 aromatic rings. The number of pyridine rings is 1. The fourth-order valence-electron chi connectivity index (χ4n) is 3.49. The van der Waals surface area contributed by atoms with Gasteiger partial charge in [-0.1, -0.05) is 60.2 Å². The molecular formula is C26H20N2O5. The maximum atomic E-state index is 13.0. The molecule has 0 amide bonds. The molecule has 33 heavy (non-hydrogen) atoms. The standard InChI is InChI=1S/C26H20N2O5/c1-16-7-10-18(11-8-16)23-14-21(20-5-3-4-6-22(20)27-23)26(30)33-15-25(29)19-12-9-17(2)24(13-19)28(31)32/h3-14H,15H2,1-2H3. The quantitative estimate of drug-likeness (QED) is 0.171. The molecule has 0 radical (unpaired) electrons. The van der Waals surface area contributed by atoms with Gasteiger partial charge in [0.05, 0.1) is 21.7 Å². The molecule has 7 nitrogen and oxygen atoms in total. The number of fused-ring (bicyclic) bond motifs is 1. The second-order valence-electron chi connectivity index (χ2n) is 7.70. The Bertz CT molecular complexity index is 1390. The number of nitro groups is 1. The van der Waals surface area contributed by atoms with Crippen LogP contribution >= 0.6 is 0 Å². The molecule has 7 heteroatoms. The van der Waals surface area contributed by atoms with Gasteiger partial charge in [0.15, 0.2) is 6.61 Å². The lowest BCUT2D eigenvalue weighted by Gasteiger charge is -2.10. The number of carbonyl (C=O) groups excluding carboxylic acids is 2. The van der Waals surface area contributed by atoms with E-state index in [0.717, 1.165) is 11.1 Å². The first kappa shape index (κ1) is 21.8. The fraction of sp³-hybridized carbons (Fsp3) is 0.115. The number of ether oxygens (including phenoxy) is 1. The van der Waals surface area contributed by atoms with Gasteiger partial charge in [0.2, 0.25) is 5.78 Å². The highest BCUT2D eigenvalue weighted by Crippen LogP contribution is 2.26. The third kappa shape index (κ3) is 4.62. The summed E-state index contributed by atoms with van der Waals surface area (Å²) in [6.45, 7) is 3.04. The van der Waals surface area contributed by atoms with E-state index in [-0.39, 0.29) is 11.3 Å². The van der Waals surface area contributed by atoms with Crippen LogP contribution in [0, 0.1) is 24.0 Å². The number of aryl methyl sites for hydroxylation is 2. The minimum Gasteiger partial charge on any atom is -0.454 e. The van der Waals surface area contributed by atoms with Gasteiger partial charge in [0.1, 0.15) is 0 Å². The lowest BCUT2D eigenvalue weighted by Crippen LogP contribution is -2.15. The van der Waals surface area contributed by atoms with Crippen molar-refractivity contribution in [2.75, 3.05) is 6.61 Å². The number of carbonyl (C=O) groups is 2. The first-order valence-electron chi connectivity index (χ1n) is 10.3. The number of hydrogen-bond donors (Lipinski definition) is 0. The van der Waals surface area contributed by atoms with Gasteiger partial charge in [-0.15, -0.1) is 0 Å². The summed E-state index contributed by atoms with van der Waals surface area (Å²) in [7, 11) is 0. The van der Waals surface area contributed by atoms with Crippen molar-refractivity contribution in [1.29, 1.82) is 0 Å². The molecule has 0 bridgehead atoms. The number of rotatable bonds is 6. The molecule has 164 valence electrons. The summed E-state index contributed by atoms with van der Waals surface area (Å²) in [6, 6.07) is 20.8. The zero-order chi connectivity index (χ0) is 23.5. The fourth-order valence-corrected chi connectivity index (χ4v) is 3.49. The third-order valence-corrected chi connectivity index (χ3v) is 5.35. The maximum absolute atomic E-state index is 13.0. The second kappa shape index (κ2) is 9.00. The minimum atomic E-state index is -0.670. The van der Waals surface area contributed by atoms with E-state index in [1.807, 2.05) is 37.3 Å². The first-order chi connectivity index (χ1) is 15.8. The smallest absolute Gasteiger partial charge is 0.339 e. The predicted octanol–water partition coefficient (Wildman–Crippen LogP) is 5.47. The van der Waals surface area contributed by atoms with Crippen LogP contribution < -0.4 is 0 Å². The number of para-hydroxylation sites is 1. The van der Waals surface area contributed by atoms with E-state index in [0.29, 0.717) is 27.7 Å². The highest BCUT2D eigenvalue weighted by molar-refractivity contribution is 6.06. The van der Waals surface area contributed by atoms with Crippen LogP contribution in [-0.2, 0) is 4.74 Å². The van der Waals surface area contributed by atoms with Crippen LogP contribution in [0.4, 0.5) is 5.69 Å². The zero-order valence-electron chi connectivity index (χ0n) is 18.1. The number of ketones is 1. The van der Waals surface area contributed by atoms with Crippen LogP contribution in [0.15, 0.2) is 72.8 Å². The van der Waals surface area contributed by atoms with Crippen molar-refractivity contribution >= 4 is 28.3 Å². The molecule has 0 atom stereocenters. The Balaban J connectivity index is 1.61. The van der Waals surface area contributed by atoms with Gasteiger partial charge in [-0.05, 0) is 26.0 Å². The van der Waals surface area contributed by atoms with Crippen LogP contribution in [0.3, 0.4) is 0 Å². The molecule has 1 aromatic heterocycles. The van der Waals surface area contributed by atoms with E-state index < -0.39 is 23.3 Å². The molecule has 3 aromatic carbocycles. The number of esters is 1. The molecular weight excluding hydrogens is 420 g/mol. The lowest BCUT2D eigenvalue weighted by molar-refractivity contribution is -0.385. The molecule has 0 aliphatic carbocycles. The zero-order valence-corrected chi connectivity index (χ0v) is 18.1. The molecule has 0 N–H and O–H groups in total. The number of hydrogen-bond acceptors (Lipinski definition) is 6. The molecule has 1 heterocycles. The number of nitro benzene ring substituents is 1. The van der Waals surface area contributed by atoms with Crippen molar-refractivity contribution in [2.24, 2.45) is 0 Å². The van der Waals surface area contributed by atoms with E-state index in [1.165, 1.54) is 18.2 Å². The number of nitrogens with zero attached hydrogens (tertiary/aromatic N) is 2. The van der Waals surface area contributed by atoms with E-state index in [9.17, 15) is 19.7 Å². The minimum absolute atomic E-state index is 0.111. The molecule has 0 unspecified atom stereocenters. The van der Waals surface area contributed by atoms with Crippen molar-refractivity contribution in [3.8, 4) is 11.3 Å². The molecule has 0 spiro atoms. The lowest BCUT2D eigenvalue weighted by atomic mass is 10.0. The van der Waals surface area contributed by atoms with Gasteiger partial charge in [-0.3, -0.25) is 14.9 Å². The first-order valence-corrected chi connectivity index (χ1v) is 10.3. The van der Waals surface area contributed by atoms with Gasteiger partial charge in [0, 0.05) is 28.1 Å². The third-order valence-electron chi connectivity index (χ3n) is 5.35. The Hall–Kier alpha value is -4.39. The summed E-state index contributed by atoms with van der Waals surface area (Å²) in [5, 5.41) is 11.8. The van der Waals surface area contributed by atoms with Crippen molar-refractivity contribution in [1.82, 2.24) is 4.98 Å². The van der Waals surface area contributed by atoms with E-state index in [1.54, 1.807) is 31.2 Å². The van der Waals surface area contributed by atoms with Gasteiger partial charge in [0.25, 0.3) is 5.69 Å². The summed E-state index contributed by atoms with van der Waals surface area (Å²) in [5.41, 5.74) is 3.89. The summed E-state index contributed by atoms with van der Waals surface area (Å²) < 4.78 is 5.31. The largest absolute Gasteiger partial charge is 0.454 e. The van der Waals surface area contributed by atoms with Gasteiger partial charge < -0.3 is 4.74 Å². The molecule has 0 saturated heterocycles. The number of aromatic nitrogens is 1. The number of Topliss-reactive ketones (excluding diaryl/α,β-unsaturated/α-hetero) is 1. The SMILES string of the molecule is Cc1ccc(-c2cc(C(=O)OCC(=O)c3ccc(C)c([N+](=O)[O-])c3)c3ccccc3n2)cc1. The maximum Gasteiger partial charge on any atom is 0.339 e. The van der Waals surface area contributed by atoms with Crippen LogP contribution in [-0.4, -0.2) is 28.3 Å². The Morgan fingerprint density at radius 1 is 0.970 bits per heavy atom. The average Bonchev–Trinajstić information content (AvgIpc) is 2.82. The monoisotopic (exact) mass is 440 g/mol. The van der Waals surface area contributed by atoms with Crippen LogP contribution in [0.5, 0.6) is 0 Å². The Morgan fingerprint density at radius 2 is 1.70 bits per heavy atom.